The lowest BCUT2D eigenvalue weighted by Gasteiger charge is -2.25. The maximum atomic E-state index is 6.37. The monoisotopic (exact) mass is 567 g/mol. The molecule has 1 aliphatic rings. The molecular weight excluding hydrogens is 542 g/mol. The highest BCUT2D eigenvalue weighted by molar-refractivity contribution is 6.24. The van der Waals surface area contributed by atoms with Gasteiger partial charge in [0.25, 0.3) is 0 Å². The highest BCUT2D eigenvalue weighted by Gasteiger charge is 2.27. The van der Waals surface area contributed by atoms with Gasteiger partial charge in [0.05, 0.1) is 28.5 Å². The molecule has 0 bridgehead atoms. The number of nitrogens with one attached hydrogen (secondary N) is 1. The van der Waals surface area contributed by atoms with E-state index in [4.69, 9.17) is 14.4 Å². The first-order chi connectivity index (χ1) is 21.8. The van der Waals surface area contributed by atoms with Crippen LogP contribution in [0.5, 0.6) is 0 Å². The zero-order chi connectivity index (χ0) is 29.0. The summed E-state index contributed by atoms with van der Waals surface area (Å²) in [7, 11) is 0. The third kappa shape index (κ3) is 3.78. The molecule has 208 valence electrons. The van der Waals surface area contributed by atoms with E-state index >= 15 is 0 Å². The van der Waals surface area contributed by atoms with Crippen LogP contribution in [0, 0.1) is 0 Å². The molecule has 1 aliphatic heterocycles. The number of pyridine rings is 1. The second kappa shape index (κ2) is 9.78. The smallest absolute Gasteiger partial charge is 0.159 e. The Balaban J connectivity index is 1.40. The van der Waals surface area contributed by atoms with Crippen molar-refractivity contribution in [2.45, 2.75) is 6.17 Å². The SMILES string of the molecule is c1ccc(C2=NC(c3ccccc3)NC(c3c(-n4c5ccccc5c5ccccc54)ccc4oc5cnccc5c34)=N2)cc1. The molecule has 1 unspecified atom stereocenters. The molecule has 0 fully saturated rings. The van der Waals surface area contributed by atoms with Crippen molar-refractivity contribution >= 4 is 55.4 Å². The van der Waals surface area contributed by atoms with Crippen molar-refractivity contribution in [1.29, 1.82) is 0 Å². The van der Waals surface area contributed by atoms with Crippen molar-refractivity contribution in [3.05, 3.63) is 156 Å². The summed E-state index contributed by atoms with van der Waals surface area (Å²) >= 11 is 0. The molecule has 0 amide bonds. The maximum Gasteiger partial charge on any atom is 0.159 e. The van der Waals surface area contributed by atoms with E-state index in [1.165, 1.54) is 10.8 Å². The first-order valence-corrected chi connectivity index (χ1v) is 14.6. The molecule has 44 heavy (non-hydrogen) atoms. The molecule has 4 heterocycles. The van der Waals surface area contributed by atoms with E-state index in [0.29, 0.717) is 5.84 Å². The maximum absolute atomic E-state index is 6.37. The third-order valence-corrected chi connectivity index (χ3v) is 8.37. The Morgan fingerprint density at radius 2 is 1.32 bits per heavy atom. The van der Waals surface area contributed by atoms with Gasteiger partial charge in [-0.05, 0) is 35.9 Å². The summed E-state index contributed by atoms with van der Waals surface area (Å²) in [5.41, 5.74) is 7.71. The number of hydrogen-bond donors (Lipinski definition) is 1. The third-order valence-electron chi connectivity index (χ3n) is 8.37. The van der Waals surface area contributed by atoms with Crippen LogP contribution in [0.25, 0.3) is 49.4 Å². The zero-order valence-electron chi connectivity index (χ0n) is 23.6. The molecule has 0 saturated carbocycles. The van der Waals surface area contributed by atoms with Gasteiger partial charge in [-0.1, -0.05) is 97.1 Å². The van der Waals surface area contributed by atoms with Gasteiger partial charge >= 0.3 is 0 Å². The molecule has 3 aromatic heterocycles. The van der Waals surface area contributed by atoms with E-state index in [1.54, 1.807) is 6.20 Å². The van der Waals surface area contributed by atoms with Crippen molar-refractivity contribution in [3.8, 4) is 5.69 Å². The fraction of sp³-hybridized carbons (Fsp3) is 0.0263. The summed E-state index contributed by atoms with van der Waals surface area (Å²) in [5.74, 6) is 1.41. The Hall–Kier alpha value is -6.01. The Morgan fingerprint density at radius 3 is 2.07 bits per heavy atom. The van der Waals surface area contributed by atoms with Gasteiger partial charge in [-0.3, -0.25) is 4.98 Å². The van der Waals surface area contributed by atoms with Crippen molar-refractivity contribution in [3.63, 3.8) is 0 Å². The summed E-state index contributed by atoms with van der Waals surface area (Å²) in [5, 5.41) is 8.08. The number of benzene rings is 5. The van der Waals surface area contributed by atoms with Gasteiger partial charge in [-0.15, -0.1) is 0 Å². The lowest BCUT2D eigenvalue weighted by atomic mass is 10.0. The van der Waals surface area contributed by atoms with E-state index in [-0.39, 0.29) is 6.17 Å². The van der Waals surface area contributed by atoms with Gasteiger partial charge in [0.1, 0.15) is 17.6 Å². The van der Waals surface area contributed by atoms with E-state index in [1.807, 2.05) is 48.7 Å². The zero-order valence-corrected chi connectivity index (χ0v) is 23.6. The summed E-state index contributed by atoms with van der Waals surface area (Å²) in [6.45, 7) is 0. The molecule has 0 aliphatic carbocycles. The number of para-hydroxylation sites is 2. The van der Waals surface area contributed by atoms with Gasteiger partial charge in [0.15, 0.2) is 11.4 Å². The minimum absolute atomic E-state index is 0.333. The number of fused-ring (bicyclic) bond motifs is 6. The van der Waals surface area contributed by atoms with Crippen molar-refractivity contribution < 1.29 is 4.42 Å². The lowest BCUT2D eigenvalue weighted by Crippen LogP contribution is -2.34. The predicted molar refractivity (Wildman–Crippen MR) is 178 cm³/mol. The summed E-state index contributed by atoms with van der Waals surface area (Å²) in [6.07, 6.45) is 3.26. The van der Waals surface area contributed by atoms with Crippen LogP contribution in [-0.4, -0.2) is 21.2 Å². The molecule has 0 saturated heterocycles. The van der Waals surface area contributed by atoms with Crippen LogP contribution >= 0.6 is 0 Å². The number of aromatic nitrogens is 2. The largest absolute Gasteiger partial charge is 0.454 e. The number of furan rings is 1. The molecule has 8 aromatic rings. The van der Waals surface area contributed by atoms with Crippen molar-refractivity contribution in [2.75, 3.05) is 0 Å². The minimum Gasteiger partial charge on any atom is -0.454 e. The molecular formula is C38H25N5O. The first kappa shape index (κ1) is 24.6. The van der Waals surface area contributed by atoms with E-state index in [0.717, 1.165) is 61.2 Å². The fourth-order valence-electron chi connectivity index (χ4n) is 6.42. The number of rotatable bonds is 4. The lowest BCUT2D eigenvalue weighted by molar-refractivity contribution is 0.666. The van der Waals surface area contributed by atoms with Crippen LogP contribution in [0.3, 0.4) is 0 Å². The average Bonchev–Trinajstić information content (AvgIpc) is 3.64. The topological polar surface area (TPSA) is 67.7 Å². The van der Waals surface area contributed by atoms with Crippen molar-refractivity contribution in [2.24, 2.45) is 9.98 Å². The van der Waals surface area contributed by atoms with Gasteiger partial charge in [-0.2, -0.15) is 0 Å². The Kier molecular flexibility index (Phi) is 5.46. The van der Waals surface area contributed by atoms with Gasteiger partial charge < -0.3 is 14.3 Å². The number of hydrogen-bond acceptors (Lipinski definition) is 5. The van der Waals surface area contributed by atoms with Gasteiger partial charge in [0, 0.05) is 33.3 Å². The molecule has 0 spiro atoms. The Morgan fingerprint density at radius 1 is 0.636 bits per heavy atom. The van der Waals surface area contributed by atoms with Crippen LogP contribution in [0.2, 0.25) is 0 Å². The normalized spacial score (nSPS) is 15.0. The summed E-state index contributed by atoms with van der Waals surface area (Å²) in [6, 6.07) is 43.8. The highest BCUT2D eigenvalue weighted by atomic mass is 16.3. The van der Waals surface area contributed by atoms with Crippen LogP contribution in [0.4, 0.5) is 0 Å². The standard InChI is InChI=1S/C38H25N5O/c1-3-11-24(12-4-1)36-40-37(25-13-5-2-6-14-25)42-38(41-36)35-31(19-20-32-34(35)28-21-22-39-23-33(28)44-32)43-29-17-9-7-15-26(29)27-16-8-10-18-30(27)43/h1-23,36H,(H,40,41,42). The highest BCUT2D eigenvalue weighted by Crippen LogP contribution is 2.39. The molecule has 5 aromatic carbocycles. The van der Waals surface area contributed by atoms with E-state index < -0.39 is 0 Å². The van der Waals surface area contributed by atoms with Crippen LogP contribution < -0.4 is 5.32 Å². The molecule has 1 N–H and O–H groups in total. The fourth-order valence-corrected chi connectivity index (χ4v) is 6.42. The second-order valence-corrected chi connectivity index (χ2v) is 10.9. The molecule has 6 nitrogen and oxygen atoms in total. The molecule has 9 rings (SSSR count). The van der Waals surface area contributed by atoms with Gasteiger partial charge in [0.2, 0.25) is 0 Å². The van der Waals surface area contributed by atoms with Gasteiger partial charge in [-0.25, -0.2) is 9.98 Å². The van der Waals surface area contributed by atoms with Crippen LogP contribution in [-0.2, 0) is 0 Å². The number of aliphatic imine (C=N–C) groups is 2. The first-order valence-electron chi connectivity index (χ1n) is 14.6. The Labute approximate surface area is 252 Å². The van der Waals surface area contributed by atoms with E-state index in [9.17, 15) is 0 Å². The van der Waals surface area contributed by atoms with Crippen molar-refractivity contribution in [1.82, 2.24) is 14.9 Å². The number of nitrogens with zero attached hydrogens (tertiary/aromatic N) is 4. The Bertz CT molecular complexity index is 2370. The van der Waals surface area contributed by atoms with E-state index in [2.05, 4.69) is 99.8 Å². The average molecular weight is 568 g/mol. The predicted octanol–water partition coefficient (Wildman–Crippen LogP) is 8.57. The van der Waals surface area contributed by atoms with Crippen LogP contribution in [0.1, 0.15) is 22.9 Å². The number of amidine groups is 2. The molecule has 6 heteroatoms. The second-order valence-electron chi connectivity index (χ2n) is 10.9. The summed E-state index contributed by atoms with van der Waals surface area (Å²) < 4.78 is 8.71. The minimum atomic E-state index is -0.333. The summed E-state index contributed by atoms with van der Waals surface area (Å²) in [4.78, 5) is 14.7. The quantitative estimate of drug-likeness (QED) is 0.232. The molecule has 0 radical (unpaired) electrons. The molecule has 1 atom stereocenters. The van der Waals surface area contributed by atoms with Crippen LogP contribution in [0.15, 0.2) is 154 Å².